The summed E-state index contributed by atoms with van der Waals surface area (Å²) in [6, 6.07) is 11.9. The highest BCUT2D eigenvalue weighted by atomic mass is 19.4. The monoisotopic (exact) mass is 503 g/mol. The number of rotatable bonds is 11. The normalized spacial score (nSPS) is 11.6. The maximum absolute atomic E-state index is 12.9. The molecular formula is C27H32F3N3O3. The third-order valence-corrected chi connectivity index (χ3v) is 5.62. The Bertz CT molecular complexity index is 1160. The molecule has 3 aromatic rings. The molecule has 0 saturated heterocycles. The molecule has 1 N–H and O–H groups in total. The summed E-state index contributed by atoms with van der Waals surface area (Å²) in [4.78, 5) is 27.0. The first kappa shape index (κ1) is 27.1. The lowest BCUT2D eigenvalue weighted by atomic mass is 10.1. The number of hydrogen-bond acceptors (Lipinski definition) is 3. The predicted octanol–water partition coefficient (Wildman–Crippen LogP) is 5.86. The first-order chi connectivity index (χ1) is 17.1. The quantitative estimate of drug-likeness (QED) is 0.356. The van der Waals surface area contributed by atoms with Crippen molar-refractivity contribution in [1.29, 1.82) is 0 Å². The van der Waals surface area contributed by atoms with Crippen molar-refractivity contribution in [3.63, 3.8) is 0 Å². The first-order valence-corrected chi connectivity index (χ1v) is 12.0. The van der Waals surface area contributed by atoms with E-state index in [0.29, 0.717) is 37.4 Å². The van der Waals surface area contributed by atoms with Gasteiger partial charge in [0.25, 0.3) is 5.91 Å². The SMILES string of the molecule is CCCN(Cc1cccn1Cc1ccc(C(=O)NCc2cccc(C(F)(F)F)c2)o1)C(=O)CC(C)C. The Hall–Kier alpha value is -3.49. The number of nitrogens with one attached hydrogen (secondary N) is 1. The van der Waals surface area contributed by atoms with E-state index in [4.69, 9.17) is 4.42 Å². The van der Waals surface area contributed by atoms with Crippen molar-refractivity contribution in [1.82, 2.24) is 14.8 Å². The van der Waals surface area contributed by atoms with E-state index in [1.165, 1.54) is 18.2 Å². The molecule has 194 valence electrons. The van der Waals surface area contributed by atoms with Gasteiger partial charge in [0, 0.05) is 31.4 Å². The Kier molecular flexibility index (Phi) is 9.01. The zero-order valence-corrected chi connectivity index (χ0v) is 20.8. The Morgan fingerprint density at radius 2 is 1.89 bits per heavy atom. The van der Waals surface area contributed by atoms with Crippen LogP contribution in [-0.2, 0) is 30.6 Å². The van der Waals surface area contributed by atoms with Crippen LogP contribution >= 0.6 is 0 Å². The molecule has 0 bridgehead atoms. The van der Waals surface area contributed by atoms with Crippen LogP contribution in [0.15, 0.2) is 59.1 Å². The number of carbonyl (C=O) groups is 2. The summed E-state index contributed by atoms with van der Waals surface area (Å²) in [5.74, 6) is 0.514. The number of nitrogens with zero attached hydrogens (tertiary/aromatic N) is 2. The maximum atomic E-state index is 12.9. The van der Waals surface area contributed by atoms with Gasteiger partial charge in [0.15, 0.2) is 5.76 Å². The Labute approximate surface area is 209 Å². The number of furan rings is 1. The van der Waals surface area contributed by atoms with Gasteiger partial charge >= 0.3 is 6.18 Å². The molecular weight excluding hydrogens is 471 g/mol. The molecule has 2 amide bonds. The number of halogens is 3. The summed E-state index contributed by atoms with van der Waals surface area (Å²) in [7, 11) is 0. The molecule has 2 heterocycles. The number of alkyl halides is 3. The van der Waals surface area contributed by atoms with E-state index in [0.717, 1.165) is 24.2 Å². The van der Waals surface area contributed by atoms with Gasteiger partial charge in [-0.15, -0.1) is 0 Å². The third-order valence-electron chi connectivity index (χ3n) is 5.62. The van der Waals surface area contributed by atoms with Crippen molar-refractivity contribution in [3.8, 4) is 0 Å². The molecule has 0 atom stereocenters. The minimum absolute atomic E-state index is 0.0573. The molecule has 2 aromatic heterocycles. The number of benzene rings is 1. The maximum Gasteiger partial charge on any atom is 0.416 e. The predicted molar refractivity (Wildman–Crippen MR) is 130 cm³/mol. The van der Waals surface area contributed by atoms with Crippen LogP contribution in [0.1, 0.15) is 66.7 Å². The largest absolute Gasteiger partial charge is 0.454 e. The van der Waals surface area contributed by atoms with Gasteiger partial charge in [0.1, 0.15) is 5.76 Å². The van der Waals surface area contributed by atoms with Crippen LogP contribution in [0.25, 0.3) is 0 Å². The summed E-state index contributed by atoms with van der Waals surface area (Å²) >= 11 is 0. The van der Waals surface area contributed by atoms with Crippen LogP contribution in [0.5, 0.6) is 0 Å². The van der Waals surface area contributed by atoms with Crippen molar-refractivity contribution in [2.24, 2.45) is 5.92 Å². The lowest BCUT2D eigenvalue weighted by Crippen LogP contribution is -2.32. The van der Waals surface area contributed by atoms with Gasteiger partial charge in [-0.1, -0.05) is 32.9 Å². The Balaban J connectivity index is 1.62. The highest BCUT2D eigenvalue weighted by molar-refractivity contribution is 5.91. The molecule has 9 heteroatoms. The molecule has 0 radical (unpaired) electrons. The number of aromatic nitrogens is 1. The van der Waals surface area contributed by atoms with Gasteiger partial charge in [-0.05, 0) is 54.3 Å². The zero-order chi connectivity index (χ0) is 26.3. The standard InChI is InChI=1S/C27H32F3N3O3/c1-4-12-33(25(34)14-19(2)3)17-22-9-6-13-32(22)18-23-10-11-24(36-23)26(35)31-16-20-7-5-8-21(15-20)27(28,29)30/h5-11,13,15,19H,4,12,14,16-18H2,1-3H3,(H,31,35). The van der Waals surface area contributed by atoms with Crippen LogP contribution in [0.4, 0.5) is 13.2 Å². The van der Waals surface area contributed by atoms with E-state index < -0.39 is 17.6 Å². The van der Waals surface area contributed by atoms with Crippen LogP contribution in [0.3, 0.4) is 0 Å². The van der Waals surface area contributed by atoms with E-state index in [1.54, 1.807) is 6.07 Å². The Morgan fingerprint density at radius 1 is 1.11 bits per heavy atom. The van der Waals surface area contributed by atoms with Crippen LogP contribution < -0.4 is 5.32 Å². The molecule has 1 aromatic carbocycles. The second-order valence-electron chi connectivity index (χ2n) is 9.19. The van der Waals surface area contributed by atoms with Crippen molar-refractivity contribution in [3.05, 3.63) is 83.1 Å². The fourth-order valence-electron chi connectivity index (χ4n) is 3.86. The first-order valence-electron chi connectivity index (χ1n) is 12.0. The fourth-order valence-corrected chi connectivity index (χ4v) is 3.86. The summed E-state index contributed by atoms with van der Waals surface area (Å²) in [5, 5.41) is 2.59. The van der Waals surface area contributed by atoms with Gasteiger partial charge in [0.05, 0.1) is 18.7 Å². The van der Waals surface area contributed by atoms with E-state index in [9.17, 15) is 22.8 Å². The summed E-state index contributed by atoms with van der Waals surface area (Å²) in [5.41, 5.74) is 0.526. The van der Waals surface area contributed by atoms with Crippen molar-refractivity contribution >= 4 is 11.8 Å². The summed E-state index contributed by atoms with van der Waals surface area (Å²) in [6.45, 7) is 7.56. The molecule has 6 nitrogen and oxygen atoms in total. The third kappa shape index (κ3) is 7.50. The van der Waals surface area contributed by atoms with Gasteiger partial charge in [0.2, 0.25) is 5.91 Å². The zero-order valence-electron chi connectivity index (χ0n) is 20.8. The van der Waals surface area contributed by atoms with Gasteiger partial charge < -0.3 is 19.2 Å². The molecule has 0 spiro atoms. The Morgan fingerprint density at radius 3 is 2.58 bits per heavy atom. The van der Waals surface area contributed by atoms with Crippen LogP contribution in [0.2, 0.25) is 0 Å². The molecule has 36 heavy (non-hydrogen) atoms. The topological polar surface area (TPSA) is 67.5 Å². The lowest BCUT2D eigenvalue weighted by molar-refractivity contribution is -0.137. The molecule has 0 aliphatic carbocycles. The minimum atomic E-state index is -4.44. The summed E-state index contributed by atoms with van der Waals surface area (Å²) < 4.78 is 46.3. The number of carbonyl (C=O) groups excluding carboxylic acids is 2. The van der Waals surface area contributed by atoms with E-state index in [2.05, 4.69) is 5.32 Å². The smallest absolute Gasteiger partial charge is 0.416 e. The number of hydrogen-bond donors (Lipinski definition) is 1. The summed E-state index contributed by atoms with van der Waals surface area (Å²) in [6.07, 6.45) is -1.19. The van der Waals surface area contributed by atoms with Crippen molar-refractivity contribution in [2.75, 3.05) is 6.54 Å². The van der Waals surface area contributed by atoms with Crippen molar-refractivity contribution in [2.45, 2.75) is 59.4 Å². The molecule has 0 unspecified atom stereocenters. The molecule has 0 saturated carbocycles. The second-order valence-corrected chi connectivity index (χ2v) is 9.19. The van der Waals surface area contributed by atoms with Crippen molar-refractivity contribution < 1.29 is 27.2 Å². The fraction of sp³-hybridized carbons (Fsp3) is 0.407. The van der Waals surface area contributed by atoms with Crippen LogP contribution in [-0.4, -0.2) is 27.8 Å². The second kappa shape index (κ2) is 12.0. The average molecular weight is 504 g/mol. The van der Waals surface area contributed by atoms with E-state index in [1.807, 2.05) is 48.6 Å². The molecule has 0 aliphatic rings. The lowest BCUT2D eigenvalue weighted by Gasteiger charge is -2.24. The highest BCUT2D eigenvalue weighted by Crippen LogP contribution is 2.29. The van der Waals surface area contributed by atoms with E-state index in [-0.39, 0.29) is 24.1 Å². The van der Waals surface area contributed by atoms with Gasteiger partial charge in [-0.2, -0.15) is 13.2 Å². The highest BCUT2D eigenvalue weighted by Gasteiger charge is 2.30. The van der Waals surface area contributed by atoms with Gasteiger partial charge in [-0.3, -0.25) is 9.59 Å². The molecule has 3 rings (SSSR count). The average Bonchev–Trinajstić information content (AvgIpc) is 3.46. The number of amides is 2. The van der Waals surface area contributed by atoms with E-state index >= 15 is 0 Å². The molecule has 0 aliphatic heterocycles. The van der Waals surface area contributed by atoms with Gasteiger partial charge in [-0.25, -0.2) is 0 Å². The molecule has 0 fully saturated rings. The van der Waals surface area contributed by atoms with Crippen LogP contribution in [0, 0.1) is 5.92 Å². The minimum Gasteiger partial charge on any atom is -0.454 e.